The van der Waals surface area contributed by atoms with Crippen LogP contribution in [0.5, 0.6) is 5.75 Å². The van der Waals surface area contributed by atoms with Crippen molar-refractivity contribution in [1.29, 1.82) is 0 Å². The summed E-state index contributed by atoms with van der Waals surface area (Å²) in [6.07, 6.45) is 3.22. The van der Waals surface area contributed by atoms with Crippen LogP contribution in [0.25, 0.3) is 0 Å². The van der Waals surface area contributed by atoms with Crippen LogP contribution < -0.4 is 20.9 Å². The number of carbonyl (C=O) groups is 2. The molecule has 1 atom stereocenters. The highest BCUT2D eigenvalue weighted by Crippen LogP contribution is 2.28. The Labute approximate surface area is 160 Å². The molecule has 9 heteroatoms. The molecule has 0 aromatic carbocycles. The Morgan fingerprint density at radius 3 is 2.58 bits per heavy atom. The van der Waals surface area contributed by atoms with E-state index < -0.39 is 12.2 Å². The largest absolute Gasteiger partial charge is 0.489 e. The molecule has 2 amide bonds. The van der Waals surface area contributed by atoms with E-state index >= 15 is 0 Å². The number of nitrogens with one attached hydrogen (secondary N) is 2. The molecule has 1 aromatic rings. The van der Waals surface area contributed by atoms with Gasteiger partial charge in [0.25, 0.3) is 11.5 Å². The summed E-state index contributed by atoms with van der Waals surface area (Å²) in [6.45, 7) is 1.53. The standard InChI is InChI=1S/C17H24BrN3O5/c1-10(25-17(24)19-2)16(23)20-11-4-6-12(7-5-11)26-14-8-15(22)21(3)9-13(14)18/h8-12H,4-7H2,1-3H3,(H,19,24)(H,20,23). The van der Waals surface area contributed by atoms with Gasteiger partial charge in [-0.2, -0.15) is 0 Å². The fraction of sp³-hybridized carbons (Fsp3) is 0.588. The Bertz CT molecular complexity index is 713. The van der Waals surface area contributed by atoms with Gasteiger partial charge < -0.3 is 24.7 Å². The van der Waals surface area contributed by atoms with Crippen molar-refractivity contribution in [2.45, 2.75) is 50.9 Å². The van der Waals surface area contributed by atoms with Crippen molar-refractivity contribution in [3.05, 3.63) is 27.1 Å². The molecule has 2 rings (SSSR count). The first-order chi connectivity index (χ1) is 12.3. The lowest BCUT2D eigenvalue weighted by atomic mass is 9.92. The Morgan fingerprint density at radius 2 is 1.96 bits per heavy atom. The van der Waals surface area contributed by atoms with E-state index in [2.05, 4.69) is 26.6 Å². The molecule has 1 heterocycles. The first-order valence-electron chi connectivity index (χ1n) is 8.51. The van der Waals surface area contributed by atoms with Crippen LogP contribution in [0.4, 0.5) is 4.79 Å². The third-order valence-electron chi connectivity index (χ3n) is 4.32. The van der Waals surface area contributed by atoms with Gasteiger partial charge in [-0.1, -0.05) is 0 Å². The second-order valence-corrected chi connectivity index (χ2v) is 7.19. The quantitative estimate of drug-likeness (QED) is 0.741. The van der Waals surface area contributed by atoms with Crippen LogP contribution in [0.15, 0.2) is 21.5 Å². The molecule has 1 aromatic heterocycles. The highest BCUT2D eigenvalue weighted by atomic mass is 79.9. The molecule has 0 spiro atoms. The maximum atomic E-state index is 12.1. The number of ether oxygens (including phenoxy) is 2. The molecule has 26 heavy (non-hydrogen) atoms. The number of rotatable bonds is 5. The first kappa shape index (κ1) is 20.3. The number of pyridine rings is 1. The Kier molecular flexibility index (Phi) is 7.07. The van der Waals surface area contributed by atoms with Crippen molar-refractivity contribution in [2.24, 2.45) is 7.05 Å². The van der Waals surface area contributed by atoms with Gasteiger partial charge in [0, 0.05) is 32.4 Å². The minimum atomic E-state index is -0.847. The normalized spacial score (nSPS) is 20.8. The van der Waals surface area contributed by atoms with Gasteiger partial charge in [-0.3, -0.25) is 9.59 Å². The summed E-state index contributed by atoms with van der Waals surface area (Å²) in [5.41, 5.74) is -0.130. The molecule has 1 fully saturated rings. The van der Waals surface area contributed by atoms with Gasteiger partial charge in [-0.25, -0.2) is 4.79 Å². The van der Waals surface area contributed by atoms with Crippen LogP contribution in [0.2, 0.25) is 0 Å². The van der Waals surface area contributed by atoms with Crippen molar-refractivity contribution in [1.82, 2.24) is 15.2 Å². The zero-order chi connectivity index (χ0) is 19.3. The number of halogens is 1. The molecule has 8 nitrogen and oxygen atoms in total. The topological polar surface area (TPSA) is 98.7 Å². The summed E-state index contributed by atoms with van der Waals surface area (Å²) in [7, 11) is 3.12. The van der Waals surface area contributed by atoms with Crippen LogP contribution >= 0.6 is 15.9 Å². The highest BCUT2D eigenvalue weighted by Gasteiger charge is 2.26. The van der Waals surface area contributed by atoms with Gasteiger partial charge >= 0.3 is 6.09 Å². The highest BCUT2D eigenvalue weighted by molar-refractivity contribution is 9.10. The predicted octanol–water partition coefficient (Wildman–Crippen LogP) is 1.70. The lowest BCUT2D eigenvalue weighted by Crippen LogP contribution is -2.45. The number of aryl methyl sites for hydroxylation is 1. The molecule has 0 radical (unpaired) electrons. The van der Waals surface area contributed by atoms with E-state index in [9.17, 15) is 14.4 Å². The number of carbonyl (C=O) groups excluding carboxylic acids is 2. The summed E-state index contributed by atoms with van der Waals surface area (Å²) < 4.78 is 13.1. The van der Waals surface area contributed by atoms with Gasteiger partial charge in [0.05, 0.1) is 10.6 Å². The summed E-state index contributed by atoms with van der Waals surface area (Å²) in [5.74, 6) is 0.223. The van der Waals surface area contributed by atoms with Crippen LogP contribution in [0.3, 0.4) is 0 Å². The van der Waals surface area contributed by atoms with Gasteiger partial charge in [-0.15, -0.1) is 0 Å². The number of hydrogen-bond donors (Lipinski definition) is 2. The molecule has 1 saturated carbocycles. The molecule has 0 bridgehead atoms. The third kappa shape index (κ3) is 5.48. The Hall–Kier alpha value is -2.03. The molecule has 1 unspecified atom stereocenters. The minimum Gasteiger partial charge on any atom is -0.489 e. The smallest absolute Gasteiger partial charge is 0.407 e. The lowest BCUT2D eigenvalue weighted by molar-refractivity contribution is -0.129. The van der Waals surface area contributed by atoms with Crippen molar-refractivity contribution < 1.29 is 19.1 Å². The SMILES string of the molecule is CNC(=O)OC(C)C(=O)NC1CCC(Oc2cc(=O)n(C)cc2Br)CC1. The van der Waals surface area contributed by atoms with E-state index in [-0.39, 0.29) is 23.6 Å². The summed E-state index contributed by atoms with van der Waals surface area (Å²) in [5, 5.41) is 5.21. The van der Waals surface area contributed by atoms with Crippen molar-refractivity contribution >= 4 is 27.9 Å². The van der Waals surface area contributed by atoms with Crippen molar-refractivity contribution in [3.63, 3.8) is 0 Å². The van der Waals surface area contributed by atoms with E-state index in [1.54, 1.807) is 13.2 Å². The first-order valence-corrected chi connectivity index (χ1v) is 9.31. The molecular formula is C17H24BrN3O5. The van der Waals surface area contributed by atoms with Crippen LogP contribution in [-0.2, 0) is 16.6 Å². The number of nitrogens with zero attached hydrogens (tertiary/aromatic N) is 1. The van der Waals surface area contributed by atoms with E-state index in [0.29, 0.717) is 5.75 Å². The van der Waals surface area contributed by atoms with Gasteiger partial charge in [0.2, 0.25) is 0 Å². The second kappa shape index (κ2) is 9.07. The number of aromatic nitrogens is 1. The van der Waals surface area contributed by atoms with Gasteiger partial charge in [-0.05, 0) is 48.5 Å². The van der Waals surface area contributed by atoms with Crippen molar-refractivity contribution in [2.75, 3.05) is 7.05 Å². The zero-order valence-electron chi connectivity index (χ0n) is 15.1. The second-order valence-electron chi connectivity index (χ2n) is 6.33. The van der Waals surface area contributed by atoms with Crippen LogP contribution in [0.1, 0.15) is 32.6 Å². The maximum absolute atomic E-state index is 12.1. The van der Waals surface area contributed by atoms with Crippen LogP contribution in [0, 0.1) is 0 Å². The average Bonchev–Trinajstić information content (AvgIpc) is 2.61. The number of hydrogen-bond acceptors (Lipinski definition) is 5. The van der Waals surface area contributed by atoms with E-state index in [1.807, 2.05) is 0 Å². The summed E-state index contributed by atoms with van der Waals surface area (Å²) in [6, 6.07) is 1.49. The zero-order valence-corrected chi connectivity index (χ0v) is 16.7. The molecular weight excluding hydrogens is 406 g/mol. The monoisotopic (exact) mass is 429 g/mol. The molecule has 0 aliphatic heterocycles. The van der Waals surface area contributed by atoms with E-state index in [0.717, 1.165) is 30.2 Å². The minimum absolute atomic E-state index is 0.00824. The molecule has 1 aliphatic rings. The third-order valence-corrected chi connectivity index (χ3v) is 4.91. The van der Waals surface area contributed by atoms with Crippen LogP contribution in [-0.4, -0.2) is 41.9 Å². The van der Waals surface area contributed by atoms with Crippen molar-refractivity contribution in [3.8, 4) is 5.75 Å². The average molecular weight is 430 g/mol. The molecule has 0 saturated heterocycles. The fourth-order valence-electron chi connectivity index (χ4n) is 2.77. The van der Waals surface area contributed by atoms with E-state index in [1.165, 1.54) is 24.6 Å². The Balaban J connectivity index is 1.82. The number of amides is 2. The molecule has 1 aliphatic carbocycles. The lowest BCUT2D eigenvalue weighted by Gasteiger charge is -2.30. The summed E-state index contributed by atoms with van der Waals surface area (Å²) in [4.78, 5) is 35.0. The number of alkyl carbamates (subject to hydrolysis) is 1. The Morgan fingerprint density at radius 1 is 1.31 bits per heavy atom. The molecule has 2 N–H and O–H groups in total. The van der Waals surface area contributed by atoms with Gasteiger partial charge in [0.1, 0.15) is 5.75 Å². The molecule has 144 valence electrons. The predicted molar refractivity (Wildman–Crippen MR) is 99.2 cm³/mol. The summed E-state index contributed by atoms with van der Waals surface area (Å²) >= 11 is 3.41. The maximum Gasteiger partial charge on any atom is 0.407 e. The van der Waals surface area contributed by atoms with E-state index in [4.69, 9.17) is 9.47 Å². The van der Waals surface area contributed by atoms with Gasteiger partial charge in [0.15, 0.2) is 6.10 Å². The fourth-order valence-corrected chi connectivity index (χ4v) is 3.28.